The third kappa shape index (κ3) is 1.68. The maximum absolute atomic E-state index is 12.1. The molecule has 2 aliphatic rings. The number of benzene rings is 1. The number of fused-ring (bicyclic) bond motifs is 1. The van der Waals surface area contributed by atoms with Crippen LogP contribution in [0, 0.1) is 5.41 Å². The van der Waals surface area contributed by atoms with Crippen LogP contribution in [0.5, 0.6) is 11.5 Å². The van der Waals surface area contributed by atoms with E-state index in [1.54, 1.807) is 0 Å². The summed E-state index contributed by atoms with van der Waals surface area (Å²) in [5.41, 5.74) is 0.320. The van der Waals surface area contributed by atoms with Crippen LogP contribution in [0.2, 0.25) is 5.02 Å². The molecular formula is C13H13ClO4. The molecule has 1 unspecified atom stereocenters. The second-order valence-corrected chi connectivity index (χ2v) is 5.59. The molecule has 0 bridgehead atoms. The van der Waals surface area contributed by atoms with Gasteiger partial charge in [-0.05, 0) is 6.07 Å². The maximum Gasteiger partial charge on any atom is 0.170 e. The lowest BCUT2D eigenvalue weighted by Gasteiger charge is -2.45. The Kier molecular flexibility index (Phi) is 2.54. The molecule has 4 nitrogen and oxygen atoms in total. The second-order valence-electron chi connectivity index (χ2n) is 5.18. The molecule has 18 heavy (non-hydrogen) atoms. The first-order chi connectivity index (χ1) is 8.49. The van der Waals surface area contributed by atoms with Crippen molar-refractivity contribution in [2.45, 2.75) is 19.4 Å². The number of aromatic hydroxyl groups is 1. The quantitative estimate of drug-likeness (QED) is 0.850. The molecule has 0 saturated carbocycles. The van der Waals surface area contributed by atoms with Crippen LogP contribution in [0.3, 0.4) is 0 Å². The highest BCUT2D eigenvalue weighted by molar-refractivity contribution is 6.32. The maximum atomic E-state index is 12.1. The van der Waals surface area contributed by atoms with E-state index in [0.29, 0.717) is 30.9 Å². The van der Waals surface area contributed by atoms with Gasteiger partial charge < -0.3 is 14.6 Å². The third-order valence-corrected chi connectivity index (χ3v) is 3.93. The predicted octanol–water partition coefficient (Wildman–Crippen LogP) is 2.42. The molecule has 96 valence electrons. The van der Waals surface area contributed by atoms with Gasteiger partial charge in [0.05, 0.1) is 29.2 Å². The average molecular weight is 269 g/mol. The second kappa shape index (κ2) is 3.87. The molecule has 0 spiro atoms. The minimum atomic E-state index is -0.202. The van der Waals surface area contributed by atoms with Gasteiger partial charge in [0, 0.05) is 12.5 Å². The minimum absolute atomic E-state index is 0.00345. The smallest absolute Gasteiger partial charge is 0.170 e. The number of rotatable bonds is 1. The van der Waals surface area contributed by atoms with Gasteiger partial charge in [-0.15, -0.1) is 0 Å². The molecule has 2 aliphatic heterocycles. The van der Waals surface area contributed by atoms with Crippen molar-refractivity contribution in [1.29, 1.82) is 0 Å². The van der Waals surface area contributed by atoms with Gasteiger partial charge in [0.25, 0.3) is 0 Å². The van der Waals surface area contributed by atoms with Gasteiger partial charge in [-0.1, -0.05) is 18.5 Å². The number of Topliss-reactive ketones (excluding diaryl/α,β-unsaturated/α-hetero) is 1. The molecule has 5 heteroatoms. The fraction of sp³-hybridized carbons (Fsp3) is 0.462. The van der Waals surface area contributed by atoms with E-state index < -0.39 is 0 Å². The molecule has 1 aromatic rings. The van der Waals surface area contributed by atoms with Crippen molar-refractivity contribution in [3.05, 3.63) is 22.7 Å². The highest BCUT2D eigenvalue weighted by Crippen LogP contribution is 2.42. The Morgan fingerprint density at radius 1 is 1.44 bits per heavy atom. The van der Waals surface area contributed by atoms with E-state index >= 15 is 0 Å². The topological polar surface area (TPSA) is 55.8 Å². The molecular weight excluding hydrogens is 256 g/mol. The van der Waals surface area contributed by atoms with Crippen LogP contribution in [0.25, 0.3) is 0 Å². The molecule has 0 aromatic heterocycles. The summed E-state index contributed by atoms with van der Waals surface area (Å²) < 4.78 is 11.0. The van der Waals surface area contributed by atoms with E-state index in [0.717, 1.165) is 0 Å². The normalized spacial score (nSPS) is 25.0. The summed E-state index contributed by atoms with van der Waals surface area (Å²) in [7, 11) is 0. The molecule has 0 aliphatic carbocycles. The fourth-order valence-electron chi connectivity index (χ4n) is 2.33. The van der Waals surface area contributed by atoms with E-state index in [9.17, 15) is 9.90 Å². The molecule has 1 fully saturated rings. The van der Waals surface area contributed by atoms with Gasteiger partial charge in [0.1, 0.15) is 17.6 Å². The number of hydrogen-bond acceptors (Lipinski definition) is 4. The Hall–Kier alpha value is -1.26. The number of hydrogen-bond donors (Lipinski definition) is 1. The van der Waals surface area contributed by atoms with Crippen LogP contribution < -0.4 is 4.74 Å². The van der Waals surface area contributed by atoms with E-state index in [4.69, 9.17) is 21.1 Å². The standard InChI is InChI=1S/C13H13ClO4/c1-13(5-17-6-13)12-4-9(15)7-2-8(14)10(16)3-11(7)18-12/h2-3,12,16H,4-6H2,1H3. The van der Waals surface area contributed by atoms with Crippen molar-refractivity contribution >= 4 is 17.4 Å². The number of phenolic OH excluding ortho intramolecular Hbond substituents is 1. The summed E-state index contributed by atoms with van der Waals surface area (Å²) in [4.78, 5) is 12.1. The van der Waals surface area contributed by atoms with E-state index in [2.05, 4.69) is 0 Å². The predicted molar refractivity (Wildman–Crippen MR) is 65.4 cm³/mol. The van der Waals surface area contributed by atoms with Crippen molar-refractivity contribution in [2.24, 2.45) is 5.41 Å². The number of ketones is 1. The highest BCUT2D eigenvalue weighted by atomic mass is 35.5. The van der Waals surface area contributed by atoms with Crippen LogP contribution in [-0.2, 0) is 4.74 Å². The largest absolute Gasteiger partial charge is 0.506 e. The van der Waals surface area contributed by atoms with E-state index in [1.165, 1.54) is 12.1 Å². The molecule has 0 radical (unpaired) electrons. The van der Waals surface area contributed by atoms with Crippen LogP contribution in [0.4, 0.5) is 0 Å². The van der Waals surface area contributed by atoms with Crippen molar-refractivity contribution in [1.82, 2.24) is 0 Å². The summed E-state index contributed by atoms with van der Waals surface area (Å²) in [6.07, 6.45) is 0.125. The van der Waals surface area contributed by atoms with Crippen LogP contribution in [-0.4, -0.2) is 30.2 Å². The SMILES string of the molecule is CC1(C2CC(=O)c3cc(Cl)c(O)cc3O2)COC1. The van der Waals surface area contributed by atoms with Gasteiger partial charge in [0.2, 0.25) is 0 Å². The lowest BCUT2D eigenvalue weighted by atomic mass is 9.78. The van der Waals surface area contributed by atoms with Crippen molar-refractivity contribution in [3.63, 3.8) is 0 Å². The zero-order valence-corrected chi connectivity index (χ0v) is 10.7. The van der Waals surface area contributed by atoms with Gasteiger partial charge >= 0.3 is 0 Å². The Bertz CT molecular complexity index is 522. The Morgan fingerprint density at radius 3 is 2.78 bits per heavy atom. The lowest BCUT2D eigenvalue weighted by Crippen LogP contribution is -2.53. The Balaban J connectivity index is 1.97. The van der Waals surface area contributed by atoms with Crippen LogP contribution in [0.15, 0.2) is 12.1 Å². The first-order valence-electron chi connectivity index (χ1n) is 5.80. The van der Waals surface area contributed by atoms with Crippen molar-refractivity contribution in [2.75, 3.05) is 13.2 Å². The molecule has 1 N–H and O–H groups in total. The first kappa shape index (κ1) is 11.8. The van der Waals surface area contributed by atoms with E-state index in [-0.39, 0.29) is 28.1 Å². The molecule has 0 amide bonds. The first-order valence-corrected chi connectivity index (χ1v) is 6.17. The molecule has 1 aromatic carbocycles. The van der Waals surface area contributed by atoms with Gasteiger partial charge in [-0.3, -0.25) is 4.79 Å². The molecule has 1 saturated heterocycles. The molecule has 2 heterocycles. The summed E-state index contributed by atoms with van der Waals surface area (Å²) in [5, 5.41) is 9.74. The van der Waals surface area contributed by atoms with E-state index in [1.807, 2.05) is 6.92 Å². The fourth-order valence-corrected chi connectivity index (χ4v) is 2.49. The molecule has 1 atom stereocenters. The number of carbonyl (C=O) groups is 1. The van der Waals surface area contributed by atoms with Crippen molar-refractivity contribution < 1.29 is 19.4 Å². The van der Waals surface area contributed by atoms with Crippen molar-refractivity contribution in [3.8, 4) is 11.5 Å². The van der Waals surface area contributed by atoms with Gasteiger partial charge in [0.15, 0.2) is 5.78 Å². The monoisotopic (exact) mass is 268 g/mol. The summed E-state index contributed by atoms with van der Waals surface area (Å²) in [6.45, 7) is 3.23. The van der Waals surface area contributed by atoms with Crippen LogP contribution in [0.1, 0.15) is 23.7 Å². The number of carbonyl (C=O) groups excluding carboxylic acids is 1. The Morgan fingerprint density at radius 2 is 2.17 bits per heavy atom. The summed E-state index contributed by atoms with van der Waals surface area (Å²) in [6, 6.07) is 2.87. The highest BCUT2D eigenvalue weighted by Gasteiger charge is 2.46. The number of halogens is 1. The zero-order valence-electron chi connectivity index (χ0n) is 9.90. The Labute approximate surface area is 109 Å². The summed E-state index contributed by atoms with van der Waals surface area (Å²) >= 11 is 5.80. The average Bonchev–Trinajstić information content (AvgIpc) is 2.28. The number of phenols is 1. The molecule has 3 rings (SSSR count). The third-order valence-electron chi connectivity index (χ3n) is 3.63. The van der Waals surface area contributed by atoms with Gasteiger partial charge in [-0.2, -0.15) is 0 Å². The summed E-state index contributed by atoms with van der Waals surface area (Å²) in [5.74, 6) is 0.335. The number of ether oxygens (including phenoxy) is 2. The lowest BCUT2D eigenvalue weighted by molar-refractivity contribution is -0.153. The minimum Gasteiger partial charge on any atom is -0.506 e. The zero-order chi connectivity index (χ0) is 12.9. The van der Waals surface area contributed by atoms with Crippen LogP contribution >= 0.6 is 11.6 Å². The van der Waals surface area contributed by atoms with Gasteiger partial charge in [-0.25, -0.2) is 0 Å².